The molecule has 0 aliphatic rings. The first-order valence-electron chi connectivity index (χ1n) is 4.93. The third-order valence-corrected chi connectivity index (χ3v) is 3.74. The van der Waals surface area contributed by atoms with Crippen LogP contribution < -0.4 is 5.73 Å². The predicted molar refractivity (Wildman–Crippen MR) is 63.9 cm³/mol. The van der Waals surface area contributed by atoms with Crippen LogP contribution >= 0.6 is 11.3 Å². The first-order chi connectivity index (χ1) is 7.13. The van der Waals surface area contributed by atoms with Crippen molar-refractivity contribution < 1.29 is 0 Å². The molecule has 2 aromatic rings. The van der Waals surface area contributed by atoms with Gasteiger partial charge in [-0.3, -0.25) is 4.68 Å². The number of hydrogen-bond acceptors (Lipinski definition) is 3. The highest BCUT2D eigenvalue weighted by atomic mass is 32.1. The lowest BCUT2D eigenvalue weighted by molar-refractivity contribution is 0.731. The number of nitrogens with zero attached hydrogens (tertiary/aromatic N) is 2. The molecule has 0 fully saturated rings. The highest BCUT2D eigenvalue weighted by Gasteiger charge is 2.12. The summed E-state index contributed by atoms with van der Waals surface area (Å²) in [5.41, 5.74) is 9.15. The van der Waals surface area contributed by atoms with E-state index in [0.29, 0.717) is 6.54 Å². The Labute approximate surface area is 93.5 Å². The molecule has 0 spiro atoms. The van der Waals surface area contributed by atoms with E-state index < -0.39 is 0 Å². The molecule has 0 aromatic carbocycles. The highest BCUT2D eigenvalue weighted by Crippen LogP contribution is 2.32. The van der Waals surface area contributed by atoms with E-state index >= 15 is 0 Å². The van der Waals surface area contributed by atoms with E-state index in [4.69, 9.17) is 5.73 Å². The van der Waals surface area contributed by atoms with E-state index in [2.05, 4.69) is 24.2 Å². The van der Waals surface area contributed by atoms with Crippen LogP contribution in [0.2, 0.25) is 0 Å². The van der Waals surface area contributed by atoms with Crippen molar-refractivity contribution in [2.75, 3.05) is 0 Å². The van der Waals surface area contributed by atoms with Gasteiger partial charge < -0.3 is 5.73 Å². The molecule has 0 amide bonds. The maximum atomic E-state index is 5.61. The van der Waals surface area contributed by atoms with Gasteiger partial charge in [-0.1, -0.05) is 0 Å². The summed E-state index contributed by atoms with van der Waals surface area (Å²) in [7, 11) is 1.98. The lowest BCUT2D eigenvalue weighted by atomic mass is 10.1. The second-order valence-electron chi connectivity index (χ2n) is 3.64. The summed E-state index contributed by atoms with van der Waals surface area (Å²) < 4.78 is 1.92. The summed E-state index contributed by atoms with van der Waals surface area (Å²) in [6.45, 7) is 4.75. The van der Waals surface area contributed by atoms with Gasteiger partial charge in [-0.2, -0.15) is 5.10 Å². The molecule has 2 aromatic heterocycles. The molecule has 0 radical (unpaired) electrons. The quantitative estimate of drug-likeness (QED) is 0.845. The topological polar surface area (TPSA) is 43.8 Å². The monoisotopic (exact) mass is 221 g/mol. The van der Waals surface area contributed by atoms with Crippen molar-refractivity contribution >= 4 is 11.3 Å². The Kier molecular flexibility index (Phi) is 2.63. The second-order valence-corrected chi connectivity index (χ2v) is 4.81. The summed E-state index contributed by atoms with van der Waals surface area (Å²) in [6.07, 6.45) is 0. The van der Waals surface area contributed by atoms with Crippen molar-refractivity contribution in [3.63, 3.8) is 0 Å². The van der Waals surface area contributed by atoms with E-state index in [0.717, 1.165) is 5.69 Å². The molecule has 3 nitrogen and oxygen atoms in total. The zero-order valence-corrected chi connectivity index (χ0v) is 10.1. The molecule has 0 atom stereocenters. The normalized spacial score (nSPS) is 10.9. The van der Waals surface area contributed by atoms with Crippen LogP contribution in [0.1, 0.15) is 16.3 Å². The summed E-state index contributed by atoms with van der Waals surface area (Å²) in [5, 5.41) is 4.41. The van der Waals surface area contributed by atoms with E-state index in [1.807, 2.05) is 18.7 Å². The van der Waals surface area contributed by atoms with Crippen molar-refractivity contribution in [2.24, 2.45) is 12.8 Å². The standard InChI is InChI=1S/C11H15N3S/c1-7-11(8(2)14(3)13-7)10-5-4-9(6-12)15-10/h4-5H,6,12H2,1-3H3. The Hall–Kier alpha value is -1.13. The largest absolute Gasteiger partial charge is 0.326 e. The minimum Gasteiger partial charge on any atom is -0.326 e. The van der Waals surface area contributed by atoms with Crippen molar-refractivity contribution in [1.29, 1.82) is 0 Å². The predicted octanol–water partition coefficient (Wildman–Crippen LogP) is 2.22. The highest BCUT2D eigenvalue weighted by molar-refractivity contribution is 7.15. The first-order valence-corrected chi connectivity index (χ1v) is 5.74. The Balaban J connectivity index is 2.53. The third-order valence-electron chi connectivity index (χ3n) is 2.62. The molecule has 0 saturated carbocycles. The van der Waals surface area contributed by atoms with Crippen LogP contribution in [0.4, 0.5) is 0 Å². The smallest absolute Gasteiger partial charge is 0.0683 e. The van der Waals surface area contributed by atoms with Crippen molar-refractivity contribution in [1.82, 2.24) is 9.78 Å². The van der Waals surface area contributed by atoms with Gasteiger partial charge in [-0.25, -0.2) is 0 Å². The van der Waals surface area contributed by atoms with E-state index in [1.165, 1.54) is 21.0 Å². The molecule has 2 rings (SSSR count). The molecular weight excluding hydrogens is 206 g/mol. The van der Waals surface area contributed by atoms with Gasteiger partial charge in [0.1, 0.15) is 0 Å². The van der Waals surface area contributed by atoms with Crippen LogP contribution in [0.3, 0.4) is 0 Å². The van der Waals surface area contributed by atoms with Gasteiger partial charge in [0.15, 0.2) is 0 Å². The lowest BCUT2D eigenvalue weighted by Gasteiger charge is -1.97. The van der Waals surface area contributed by atoms with Crippen molar-refractivity contribution in [2.45, 2.75) is 20.4 Å². The maximum absolute atomic E-state index is 5.61. The van der Waals surface area contributed by atoms with E-state index in [9.17, 15) is 0 Å². The van der Waals surface area contributed by atoms with Gasteiger partial charge in [0.2, 0.25) is 0 Å². The Bertz CT molecular complexity index is 482. The third kappa shape index (κ3) is 1.70. The van der Waals surface area contributed by atoms with Crippen LogP contribution in [0, 0.1) is 13.8 Å². The Morgan fingerprint density at radius 3 is 2.60 bits per heavy atom. The minimum absolute atomic E-state index is 0.614. The van der Waals surface area contributed by atoms with Gasteiger partial charge in [0, 0.05) is 34.6 Å². The molecule has 0 aliphatic carbocycles. The molecule has 0 aliphatic heterocycles. The number of rotatable bonds is 2. The molecule has 0 saturated heterocycles. The number of aromatic nitrogens is 2. The average molecular weight is 221 g/mol. The number of aryl methyl sites for hydroxylation is 2. The fourth-order valence-corrected chi connectivity index (χ4v) is 2.79. The number of nitrogens with two attached hydrogens (primary N) is 1. The van der Waals surface area contributed by atoms with Gasteiger partial charge in [0.25, 0.3) is 0 Å². The molecule has 2 N–H and O–H groups in total. The number of thiophene rings is 1. The van der Waals surface area contributed by atoms with Gasteiger partial charge in [-0.15, -0.1) is 11.3 Å². The van der Waals surface area contributed by atoms with Crippen molar-refractivity contribution in [3.05, 3.63) is 28.4 Å². The van der Waals surface area contributed by atoms with Crippen LogP contribution in [0.25, 0.3) is 10.4 Å². The first kappa shape index (κ1) is 10.4. The Morgan fingerprint density at radius 1 is 1.40 bits per heavy atom. The zero-order valence-electron chi connectivity index (χ0n) is 9.24. The molecule has 4 heteroatoms. The summed E-state index contributed by atoms with van der Waals surface area (Å²) in [4.78, 5) is 2.48. The SMILES string of the molecule is Cc1nn(C)c(C)c1-c1ccc(CN)s1. The molecular formula is C11H15N3S. The maximum Gasteiger partial charge on any atom is 0.0683 e. The second kappa shape index (κ2) is 3.79. The lowest BCUT2D eigenvalue weighted by Crippen LogP contribution is -1.92. The molecule has 0 bridgehead atoms. The minimum atomic E-state index is 0.614. The van der Waals surface area contributed by atoms with Gasteiger partial charge in [-0.05, 0) is 26.0 Å². The van der Waals surface area contributed by atoms with Crippen LogP contribution in [0.5, 0.6) is 0 Å². The fourth-order valence-electron chi connectivity index (χ4n) is 1.75. The summed E-state index contributed by atoms with van der Waals surface area (Å²) in [6, 6.07) is 4.22. The Morgan fingerprint density at radius 2 is 2.13 bits per heavy atom. The number of hydrogen-bond donors (Lipinski definition) is 1. The zero-order chi connectivity index (χ0) is 11.0. The van der Waals surface area contributed by atoms with Crippen LogP contribution in [-0.2, 0) is 13.6 Å². The molecule has 0 unspecified atom stereocenters. The van der Waals surface area contributed by atoms with Gasteiger partial charge >= 0.3 is 0 Å². The summed E-state index contributed by atoms with van der Waals surface area (Å²) in [5.74, 6) is 0. The molecule has 15 heavy (non-hydrogen) atoms. The van der Waals surface area contributed by atoms with E-state index in [-0.39, 0.29) is 0 Å². The van der Waals surface area contributed by atoms with E-state index in [1.54, 1.807) is 11.3 Å². The summed E-state index contributed by atoms with van der Waals surface area (Å²) >= 11 is 1.75. The van der Waals surface area contributed by atoms with Crippen LogP contribution in [0.15, 0.2) is 12.1 Å². The van der Waals surface area contributed by atoms with Crippen molar-refractivity contribution in [3.8, 4) is 10.4 Å². The average Bonchev–Trinajstić information content (AvgIpc) is 2.74. The van der Waals surface area contributed by atoms with Crippen LogP contribution in [-0.4, -0.2) is 9.78 Å². The fraction of sp³-hybridized carbons (Fsp3) is 0.364. The van der Waals surface area contributed by atoms with Gasteiger partial charge in [0.05, 0.1) is 5.69 Å². The molecule has 80 valence electrons. The molecule has 2 heterocycles.